The van der Waals surface area contributed by atoms with E-state index in [0.717, 1.165) is 12.2 Å². The van der Waals surface area contributed by atoms with E-state index in [-0.39, 0.29) is 6.61 Å². The van der Waals surface area contributed by atoms with Crippen LogP contribution < -0.4 is 5.43 Å². The summed E-state index contributed by atoms with van der Waals surface area (Å²) in [5.41, 5.74) is 0.130. The van der Waals surface area contributed by atoms with Crippen LogP contribution in [0.1, 0.15) is 6.92 Å². The van der Waals surface area contributed by atoms with Crippen LogP contribution in [-0.2, 0) is 19.1 Å². The van der Waals surface area contributed by atoms with Crippen molar-refractivity contribution < 1.29 is 24.2 Å². The van der Waals surface area contributed by atoms with Gasteiger partial charge in [-0.05, 0) is 13.0 Å². The summed E-state index contributed by atoms with van der Waals surface area (Å²) in [6.45, 7) is 1.59. The number of carbonyl (C=O) groups is 2. The number of hydrazone groups is 1. The lowest BCUT2D eigenvalue weighted by atomic mass is 10.2. The zero-order valence-corrected chi connectivity index (χ0v) is 9.41. The lowest BCUT2D eigenvalue weighted by Crippen LogP contribution is -2.63. The molecule has 0 amide bonds. The Balaban J connectivity index is 3.08. The van der Waals surface area contributed by atoms with Gasteiger partial charge >= 0.3 is 17.7 Å². The highest BCUT2D eigenvalue weighted by atomic mass is 16.6. The minimum absolute atomic E-state index is 0.0324. The number of hydrogen-bond donors (Lipinski definition) is 2. The lowest BCUT2D eigenvalue weighted by molar-refractivity contribution is -0.214. The third-order valence-corrected chi connectivity index (χ3v) is 2.00. The molecule has 17 heavy (non-hydrogen) atoms. The first-order valence-electron chi connectivity index (χ1n) is 4.80. The van der Waals surface area contributed by atoms with Crippen LogP contribution in [0.5, 0.6) is 0 Å². The smallest absolute Gasteiger partial charge is 0.375 e. The molecule has 0 radical (unpaired) electrons. The Morgan fingerprint density at radius 3 is 2.71 bits per heavy atom. The van der Waals surface area contributed by atoms with Crippen LogP contribution in [0.25, 0.3) is 0 Å². The van der Waals surface area contributed by atoms with E-state index >= 15 is 0 Å². The van der Waals surface area contributed by atoms with Crippen molar-refractivity contribution in [3.63, 3.8) is 0 Å². The molecule has 0 aliphatic carbocycles. The number of nitrogens with one attached hydrogen (secondary N) is 1. The third kappa shape index (κ3) is 2.21. The molecule has 0 spiro atoms. The molecule has 0 saturated heterocycles. The van der Waals surface area contributed by atoms with Crippen molar-refractivity contribution in [2.24, 2.45) is 5.10 Å². The number of nitrogens with zero attached hydrogens (tertiary/aromatic N) is 2. The first-order valence-corrected chi connectivity index (χ1v) is 4.80. The Kier molecular flexibility index (Phi) is 4.05. The van der Waals surface area contributed by atoms with Crippen molar-refractivity contribution >= 4 is 18.2 Å². The average Bonchev–Trinajstić information content (AvgIpc) is 2.32. The molecular formula is C9H13N3O5. The second kappa shape index (κ2) is 5.30. The van der Waals surface area contributed by atoms with Crippen molar-refractivity contribution in [3.05, 3.63) is 12.3 Å². The van der Waals surface area contributed by atoms with Gasteiger partial charge in [0.2, 0.25) is 0 Å². The number of hydrogen-bond acceptors (Lipinski definition) is 7. The van der Waals surface area contributed by atoms with Crippen molar-refractivity contribution in [1.29, 1.82) is 0 Å². The highest BCUT2D eigenvalue weighted by Gasteiger charge is 2.55. The molecule has 0 saturated carbocycles. The van der Waals surface area contributed by atoms with E-state index in [9.17, 15) is 9.59 Å². The molecular weight excluding hydrogens is 230 g/mol. The Hall–Kier alpha value is -2.09. The van der Waals surface area contributed by atoms with Crippen LogP contribution in [-0.4, -0.2) is 47.8 Å². The molecule has 0 aromatic heterocycles. The summed E-state index contributed by atoms with van der Waals surface area (Å²) in [5, 5.41) is 13.6. The normalized spacial score (nSPS) is 17.2. The lowest BCUT2D eigenvalue weighted by Gasteiger charge is -2.34. The second-order valence-electron chi connectivity index (χ2n) is 2.94. The number of carboxylic acids is 1. The van der Waals surface area contributed by atoms with Crippen LogP contribution >= 0.6 is 0 Å². The fourth-order valence-electron chi connectivity index (χ4n) is 1.22. The summed E-state index contributed by atoms with van der Waals surface area (Å²) in [4.78, 5) is 23.0. The highest BCUT2D eigenvalue weighted by Crippen LogP contribution is 2.19. The standard InChI is InChI=1S/C9H13N3O5/c1-3-17-8(15)9(16-2,7(13)14)12-10-5-4-6-11-12/h4-6,10H,3H2,1-2H3,(H,13,14). The van der Waals surface area contributed by atoms with E-state index in [4.69, 9.17) is 9.84 Å². The molecule has 0 aromatic rings. The number of esters is 1. The fraction of sp³-hybridized carbons (Fsp3) is 0.444. The van der Waals surface area contributed by atoms with Gasteiger partial charge in [-0.15, -0.1) is 0 Å². The maximum absolute atomic E-state index is 11.7. The van der Waals surface area contributed by atoms with E-state index in [0.29, 0.717) is 0 Å². The summed E-state index contributed by atoms with van der Waals surface area (Å²) >= 11 is 0. The van der Waals surface area contributed by atoms with Crippen molar-refractivity contribution in [1.82, 2.24) is 10.5 Å². The summed E-state index contributed by atoms with van der Waals surface area (Å²) in [5.74, 6) is -2.59. The Bertz CT molecular complexity index is 368. The predicted molar refractivity (Wildman–Crippen MR) is 56.6 cm³/mol. The van der Waals surface area contributed by atoms with Crippen LogP contribution in [0.3, 0.4) is 0 Å². The zero-order chi connectivity index (χ0) is 12.9. The molecule has 0 aromatic carbocycles. The number of hydrazine groups is 1. The summed E-state index contributed by atoms with van der Waals surface area (Å²) < 4.78 is 9.48. The molecule has 8 nitrogen and oxygen atoms in total. The number of allylic oxidation sites excluding steroid dienone is 1. The van der Waals surface area contributed by atoms with E-state index in [1.165, 1.54) is 18.5 Å². The monoisotopic (exact) mass is 243 g/mol. The zero-order valence-electron chi connectivity index (χ0n) is 9.41. The first kappa shape index (κ1) is 13.0. The van der Waals surface area contributed by atoms with Gasteiger partial charge in [-0.25, -0.2) is 9.59 Å². The second-order valence-corrected chi connectivity index (χ2v) is 2.94. The first-order chi connectivity index (χ1) is 8.09. The van der Waals surface area contributed by atoms with E-state index in [2.05, 4.69) is 15.3 Å². The average molecular weight is 243 g/mol. The number of rotatable bonds is 5. The molecule has 0 fully saturated rings. The van der Waals surface area contributed by atoms with Crippen LogP contribution in [0.15, 0.2) is 17.4 Å². The SMILES string of the molecule is CCOC(=O)C(OC)(C(=O)O)N1N=CC=CN1. The minimum atomic E-state index is -2.35. The quantitative estimate of drug-likeness (QED) is 0.486. The topological polar surface area (TPSA) is 100 Å². The fourth-order valence-corrected chi connectivity index (χ4v) is 1.22. The molecule has 1 aliphatic rings. The van der Waals surface area contributed by atoms with Gasteiger partial charge in [0.15, 0.2) is 0 Å². The number of carbonyl (C=O) groups excluding carboxylic acids is 1. The molecule has 1 rings (SSSR count). The van der Waals surface area contributed by atoms with Crippen molar-refractivity contribution in [2.75, 3.05) is 13.7 Å². The summed E-state index contributed by atoms with van der Waals surface area (Å²) in [6.07, 6.45) is 4.25. The minimum Gasteiger partial charge on any atom is -0.477 e. The van der Waals surface area contributed by atoms with E-state index < -0.39 is 17.7 Å². The molecule has 1 aliphatic heterocycles. The van der Waals surface area contributed by atoms with E-state index in [1.54, 1.807) is 6.92 Å². The van der Waals surface area contributed by atoms with Gasteiger partial charge in [0.25, 0.3) is 0 Å². The van der Waals surface area contributed by atoms with Crippen LogP contribution in [0.2, 0.25) is 0 Å². The third-order valence-electron chi connectivity index (χ3n) is 2.00. The van der Waals surface area contributed by atoms with Crippen molar-refractivity contribution in [3.8, 4) is 0 Å². The summed E-state index contributed by atoms with van der Waals surface area (Å²) in [7, 11) is 1.08. The van der Waals surface area contributed by atoms with Crippen LogP contribution in [0.4, 0.5) is 0 Å². The Morgan fingerprint density at radius 2 is 2.29 bits per heavy atom. The molecule has 94 valence electrons. The predicted octanol–water partition coefficient (Wildman–Crippen LogP) is -0.703. The van der Waals surface area contributed by atoms with Gasteiger partial charge in [-0.3, -0.25) is 5.43 Å². The van der Waals surface area contributed by atoms with Gasteiger partial charge in [-0.1, -0.05) is 0 Å². The van der Waals surface area contributed by atoms with Crippen LogP contribution in [0, 0.1) is 0 Å². The molecule has 0 bridgehead atoms. The Morgan fingerprint density at radius 1 is 1.59 bits per heavy atom. The van der Waals surface area contributed by atoms with Gasteiger partial charge in [0, 0.05) is 13.3 Å². The van der Waals surface area contributed by atoms with Gasteiger partial charge in [0.1, 0.15) is 0 Å². The van der Waals surface area contributed by atoms with Gasteiger partial charge < -0.3 is 14.6 Å². The number of ether oxygens (including phenoxy) is 2. The maximum Gasteiger partial charge on any atom is 0.375 e. The molecule has 1 atom stereocenters. The van der Waals surface area contributed by atoms with Gasteiger partial charge in [0.05, 0.1) is 12.8 Å². The number of carboxylic acid groups (broad SMARTS) is 1. The molecule has 2 N–H and O–H groups in total. The largest absolute Gasteiger partial charge is 0.477 e. The maximum atomic E-state index is 11.7. The molecule has 8 heteroatoms. The van der Waals surface area contributed by atoms with Gasteiger partial charge in [-0.2, -0.15) is 10.2 Å². The Labute approximate surface area is 97.5 Å². The molecule has 1 unspecified atom stereocenters. The summed E-state index contributed by atoms with van der Waals surface area (Å²) in [6, 6.07) is 0. The number of aliphatic carboxylic acids is 1. The number of methoxy groups -OCH3 is 1. The molecule has 1 heterocycles. The van der Waals surface area contributed by atoms with Crippen molar-refractivity contribution in [2.45, 2.75) is 12.6 Å². The highest BCUT2D eigenvalue weighted by molar-refractivity contribution is 6.02. The van der Waals surface area contributed by atoms with E-state index in [1.807, 2.05) is 0 Å².